The summed E-state index contributed by atoms with van der Waals surface area (Å²) in [4.78, 5) is 0. The number of likely N-dealkylation sites (N-methyl/N-ethyl adjacent to an activating group) is 1. The van der Waals surface area contributed by atoms with Gasteiger partial charge in [-0.2, -0.15) is 13.2 Å². The molecule has 0 bridgehead atoms. The first kappa shape index (κ1) is 14.4. The van der Waals surface area contributed by atoms with Crippen molar-refractivity contribution in [3.05, 3.63) is 35.4 Å². The summed E-state index contributed by atoms with van der Waals surface area (Å²) in [6, 6.07) is 5.85. The van der Waals surface area contributed by atoms with Crippen LogP contribution in [0.15, 0.2) is 24.3 Å². The summed E-state index contributed by atoms with van der Waals surface area (Å²) in [6.45, 7) is 2.88. The summed E-state index contributed by atoms with van der Waals surface area (Å²) in [7, 11) is 1.86. The molecule has 1 aromatic carbocycles. The first-order valence-corrected chi connectivity index (χ1v) is 6.72. The van der Waals surface area contributed by atoms with Crippen LogP contribution in [0.5, 0.6) is 0 Å². The third kappa shape index (κ3) is 2.64. The van der Waals surface area contributed by atoms with E-state index in [9.17, 15) is 13.2 Å². The van der Waals surface area contributed by atoms with Crippen LogP contribution in [0.3, 0.4) is 0 Å². The van der Waals surface area contributed by atoms with Gasteiger partial charge in [0, 0.05) is 12.0 Å². The van der Waals surface area contributed by atoms with Crippen molar-refractivity contribution in [2.75, 3.05) is 13.6 Å². The van der Waals surface area contributed by atoms with Gasteiger partial charge in [-0.15, -0.1) is 0 Å². The van der Waals surface area contributed by atoms with Crippen LogP contribution in [0.25, 0.3) is 0 Å². The fourth-order valence-electron chi connectivity index (χ4n) is 3.36. The van der Waals surface area contributed by atoms with Crippen LogP contribution in [0.1, 0.15) is 37.3 Å². The molecule has 1 fully saturated rings. The van der Waals surface area contributed by atoms with E-state index >= 15 is 0 Å². The van der Waals surface area contributed by atoms with Crippen molar-refractivity contribution in [3.8, 4) is 0 Å². The number of benzene rings is 1. The second-order valence-electron chi connectivity index (χ2n) is 5.56. The van der Waals surface area contributed by atoms with Crippen molar-refractivity contribution in [2.24, 2.45) is 5.92 Å². The summed E-state index contributed by atoms with van der Waals surface area (Å²) >= 11 is 0. The Kier molecular flexibility index (Phi) is 3.90. The van der Waals surface area contributed by atoms with E-state index in [-0.39, 0.29) is 5.41 Å². The lowest BCUT2D eigenvalue weighted by atomic mass is 9.72. The van der Waals surface area contributed by atoms with Gasteiger partial charge in [-0.05, 0) is 37.4 Å². The van der Waals surface area contributed by atoms with Crippen molar-refractivity contribution in [1.29, 1.82) is 0 Å². The highest BCUT2D eigenvalue weighted by atomic mass is 19.4. The second-order valence-corrected chi connectivity index (χ2v) is 5.56. The normalized spacial score (nSPS) is 27.7. The van der Waals surface area contributed by atoms with Gasteiger partial charge in [-0.25, -0.2) is 0 Å². The van der Waals surface area contributed by atoms with Crippen LogP contribution in [0.4, 0.5) is 13.2 Å². The first-order valence-electron chi connectivity index (χ1n) is 6.72. The molecule has 4 heteroatoms. The molecular formula is C15H20F3N. The van der Waals surface area contributed by atoms with Crippen LogP contribution >= 0.6 is 0 Å². The van der Waals surface area contributed by atoms with Gasteiger partial charge in [0.25, 0.3) is 0 Å². The Hall–Kier alpha value is -1.03. The van der Waals surface area contributed by atoms with E-state index in [1.54, 1.807) is 0 Å². The molecule has 0 aromatic heterocycles. The Labute approximate surface area is 112 Å². The lowest BCUT2D eigenvalue weighted by Gasteiger charge is -2.35. The molecular weight excluding hydrogens is 251 g/mol. The Morgan fingerprint density at radius 2 is 2.11 bits per heavy atom. The van der Waals surface area contributed by atoms with Gasteiger partial charge >= 0.3 is 6.18 Å². The SMILES string of the molecule is CNCC1(c2cccc(C(F)(F)F)c2)CCCC1C. The maximum absolute atomic E-state index is 12.8. The van der Waals surface area contributed by atoms with E-state index in [1.807, 2.05) is 13.1 Å². The van der Waals surface area contributed by atoms with Gasteiger partial charge < -0.3 is 5.32 Å². The highest BCUT2D eigenvalue weighted by Gasteiger charge is 2.42. The van der Waals surface area contributed by atoms with E-state index in [2.05, 4.69) is 12.2 Å². The zero-order valence-electron chi connectivity index (χ0n) is 11.3. The molecule has 19 heavy (non-hydrogen) atoms. The number of hydrogen-bond donors (Lipinski definition) is 1. The minimum Gasteiger partial charge on any atom is -0.319 e. The fraction of sp³-hybridized carbons (Fsp3) is 0.600. The number of halogens is 3. The number of alkyl halides is 3. The molecule has 1 nitrogen and oxygen atoms in total. The third-order valence-electron chi connectivity index (χ3n) is 4.46. The summed E-state index contributed by atoms with van der Waals surface area (Å²) < 4.78 is 38.5. The Morgan fingerprint density at radius 3 is 2.63 bits per heavy atom. The van der Waals surface area contributed by atoms with Crippen LogP contribution in [-0.2, 0) is 11.6 Å². The largest absolute Gasteiger partial charge is 0.416 e. The minimum atomic E-state index is -4.27. The average Bonchev–Trinajstić information content (AvgIpc) is 2.72. The smallest absolute Gasteiger partial charge is 0.319 e. The van der Waals surface area contributed by atoms with Gasteiger partial charge in [-0.1, -0.05) is 31.5 Å². The predicted molar refractivity (Wildman–Crippen MR) is 70.1 cm³/mol. The lowest BCUT2D eigenvalue weighted by Crippen LogP contribution is -2.39. The molecule has 1 aromatic rings. The maximum Gasteiger partial charge on any atom is 0.416 e. The Balaban J connectivity index is 2.43. The van der Waals surface area contributed by atoms with Crippen LogP contribution in [0, 0.1) is 5.92 Å². The molecule has 0 saturated heterocycles. The standard InChI is InChI=1S/C15H20F3N/c1-11-5-4-8-14(11,10-19-2)12-6-3-7-13(9-12)15(16,17)18/h3,6-7,9,11,19H,4-5,8,10H2,1-2H3. The molecule has 1 N–H and O–H groups in total. The molecule has 0 heterocycles. The van der Waals surface area contributed by atoms with Crippen molar-refractivity contribution in [1.82, 2.24) is 5.32 Å². The van der Waals surface area contributed by atoms with Crippen LogP contribution < -0.4 is 5.32 Å². The zero-order chi connectivity index (χ0) is 14.1. The Bertz CT molecular complexity index is 441. The molecule has 0 spiro atoms. The molecule has 2 atom stereocenters. The van der Waals surface area contributed by atoms with E-state index in [0.29, 0.717) is 5.92 Å². The molecule has 2 unspecified atom stereocenters. The minimum absolute atomic E-state index is 0.157. The topological polar surface area (TPSA) is 12.0 Å². The number of hydrogen-bond acceptors (Lipinski definition) is 1. The lowest BCUT2D eigenvalue weighted by molar-refractivity contribution is -0.137. The summed E-state index contributed by atoms with van der Waals surface area (Å²) in [5.41, 5.74) is 0.122. The van der Waals surface area contributed by atoms with Crippen LogP contribution in [-0.4, -0.2) is 13.6 Å². The molecule has 0 radical (unpaired) electrons. The monoisotopic (exact) mass is 271 g/mol. The highest BCUT2D eigenvalue weighted by molar-refractivity contribution is 5.34. The van der Waals surface area contributed by atoms with Crippen LogP contribution in [0.2, 0.25) is 0 Å². The number of nitrogens with one attached hydrogen (secondary N) is 1. The highest BCUT2D eigenvalue weighted by Crippen LogP contribution is 2.46. The zero-order valence-corrected chi connectivity index (χ0v) is 11.3. The van der Waals surface area contributed by atoms with Crippen molar-refractivity contribution in [3.63, 3.8) is 0 Å². The molecule has 1 aliphatic rings. The van der Waals surface area contributed by atoms with Gasteiger partial charge in [-0.3, -0.25) is 0 Å². The second kappa shape index (κ2) is 5.16. The van der Waals surface area contributed by atoms with E-state index in [4.69, 9.17) is 0 Å². The first-order chi connectivity index (χ1) is 8.90. The van der Waals surface area contributed by atoms with Gasteiger partial charge in [0.05, 0.1) is 5.56 Å². The van der Waals surface area contributed by atoms with Crippen molar-refractivity contribution < 1.29 is 13.2 Å². The van der Waals surface area contributed by atoms with E-state index in [0.717, 1.165) is 37.4 Å². The maximum atomic E-state index is 12.8. The molecule has 1 aliphatic carbocycles. The van der Waals surface area contributed by atoms with Crippen molar-refractivity contribution >= 4 is 0 Å². The third-order valence-corrected chi connectivity index (χ3v) is 4.46. The molecule has 0 aliphatic heterocycles. The predicted octanol–water partition coefficient (Wildman–Crippen LogP) is 3.98. The quantitative estimate of drug-likeness (QED) is 0.876. The molecule has 0 amide bonds. The van der Waals surface area contributed by atoms with Gasteiger partial charge in [0.1, 0.15) is 0 Å². The molecule has 1 saturated carbocycles. The summed E-state index contributed by atoms with van der Waals surface area (Å²) in [5, 5.41) is 3.16. The Morgan fingerprint density at radius 1 is 1.37 bits per heavy atom. The van der Waals surface area contributed by atoms with E-state index in [1.165, 1.54) is 12.1 Å². The fourth-order valence-corrected chi connectivity index (χ4v) is 3.36. The van der Waals surface area contributed by atoms with Crippen molar-refractivity contribution in [2.45, 2.75) is 37.8 Å². The van der Waals surface area contributed by atoms with Gasteiger partial charge in [0.15, 0.2) is 0 Å². The molecule has 2 rings (SSSR count). The number of rotatable bonds is 3. The van der Waals surface area contributed by atoms with Gasteiger partial charge in [0.2, 0.25) is 0 Å². The molecule has 106 valence electrons. The van der Waals surface area contributed by atoms with E-state index < -0.39 is 11.7 Å². The summed E-state index contributed by atoms with van der Waals surface area (Å²) in [5.74, 6) is 0.406. The summed E-state index contributed by atoms with van der Waals surface area (Å²) in [6.07, 6.45) is -1.15. The average molecular weight is 271 g/mol.